The summed E-state index contributed by atoms with van der Waals surface area (Å²) in [4.78, 5) is 28.6. The Labute approximate surface area is 170 Å². The second kappa shape index (κ2) is 11.0. The number of carbonyl (C=O) groups is 1. The van der Waals surface area contributed by atoms with Crippen LogP contribution in [0.4, 0.5) is 0 Å². The van der Waals surface area contributed by atoms with Gasteiger partial charge in [-0.1, -0.05) is 18.2 Å². The molecule has 0 bridgehead atoms. The van der Waals surface area contributed by atoms with Crippen molar-refractivity contribution in [2.24, 2.45) is 0 Å². The number of rotatable bonds is 11. The van der Waals surface area contributed by atoms with Gasteiger partial charge in [0.1, 0.15) is 0 Å². The summed E-state index contributed by atoms with van der Waals surface area (Å²) in [5.41, 5.74) is 2.80. The van der Waals surface area contributed by atoms with Gasteiger partial charge in [0.05, 0.1) is 23.6 Å². The zero-order valence-corrected chi connectivity index (χ0v) is 16.3. The highest BCUT2D eigenvalue weighted by Crippen LogP contribution is 2.08. The molecule has 3 heterocycles. The molecule has 0 saturated heterocycles. The number of carboxylic acid groups (broad SMARTS) is 1. The van der Waals surface area contributed by atoms with Crippen molar-refractivity contribution in [2.75, 3.05) is 19.6 Å². The van der Waals surface area contributed by atoms with Crippen molar-refractivity contribution in [1.82, 2.24) is 24.8 Å². The number of nitrogens with zero attached hydrogens (tertiary/aromatic N) is 5. The maximum Gasteiger partial charge on any atom is 0.317 e. The number of aliphatic carboxylic acids is 1. The Balaban J connectivity index is 1.67. The standard InChI is InChI=1S/C22H25N5O2/c28-22(29)18-27(17-21-9-3-6-12-25-21)14-13-26(15-19-7-1-4-10-23-19)16-20-8-2-5-11-24-20/h1-12H,13-18H2,(H,28,29). The van der Waals surface area contributed by atoms with E-state index in [1.807, 2.05) is 59.5 Å². The molecule has 0 atom stereocenters. The lowest BCUT2D eigenvalue weighted by molar-refractivity contribution is -0.138. The Hall–Kier alpha value is -3.16. The van der Waals surface area contributed by atoms with E-state index in [4.69, 9.17) is 0 Å². The maximum atomic E-state index is 11.3. The van der Waals surface area contributed by atoms with Gasteiger partial charge in [0.2, 0.25) is 0 Å². The number of carboxylic acids is 1. The molecule has 0 radical (unpaired) electrons. The molecule has 0 aliphatic heterocycles. The summed E-state index contributed by atoms with van der Waals surface area (Å²) in [5, 5.41) is 9.30. The fourth-order valence-electron chi connectivity index (χ4n) is 3.06. The first kappa shape index (κ1) is 20.6. The molecule has 3 aromatic heterocycles. The molecule has 7 nitrogen and oxygen atoms in total. The second-order valence-electron chi connectivity index (χ2n) is 6.78. The first-order valence-corrected chi connectivity index (χ1v) is 9.55. The fraction of sp³-hybridized carbons (Fsp3) is 0.273. The molecule has 150 valence electrons. The molecule has 0 aromatic carbocycles. The predicted molar refractivity (Wildman–Crippen MR) is 110 cm³/mol. The third kappa shape index (κ3) is 7.40. The Morgan fingerprint density at radius 2 is 1.10 bits per heavy atom. The third-order valence-electron chi connectivity index (χ3n) is 4.43. The molecule has 0 spiro atoms. The van der Waals surface area contributed by atoms with E-state index in [9.17, 15) is 9.90 Å². The molecule has 29 heavy (non-hydrogen) atoms. The largest absolute Gasteiger partial charge is 0.480 e. The molecule has 7 heteroatoms. The Kier molecular flexibility index (Phi) is 7.80. The van der Waals surface area contributed by atoms with Crippen LogP contribution in [0.1, 0.15) is 17.1 Å². The van der Waals surface area contributed by atoms with Gasteiger partial charge >= 0.3 is 5.97 Å². The maximum absolute atomic E-state index is 11.3. The van der Waals surface area contributed by atoms with Crippen molar-refractivity contribution < 1.29 is 9.90 Å². The zero-order chi connectivity index (χ0) is 20.3. The molecule has 3 aromatic rings. The SMILES string of the molecule is O=C(O)CN(CCN(Cc1ccccn1)Cc1ccccn1)Cc1ccccn1. The molecular formula is C22H25N5O2. The van der Waals surface area contributed by atoms with E-state index in [0.717, 1.165) is 17.1 Å². The number of hydrogen-bond acceptors (Lipinski definition) is 6. The van der Waals surface area contributed by atoms with Gasteiger partial charge < -0.3 is 5.11 Å². The lowest BCUT2D eigenvalue weighted by Gasteiger charge is -2.26. The molecule has 0 saturated carbocycles. The van der Waals surface area contributed by atoms with E-state index < -0.39 is 5.97 Å². The normalized spacial score (nSPS) is 11.1. The topological polar surface area (TPSA) is 82.5 Å². The summed E-state index contributed by atoms with van der Waals surface area (Å²) < 4.78 is 0. The minimum atomic E-state index is -0.845. The van der Waals surface area contributed by atoms with E-state index in [-0.39, 0.29) is 6.54 Å². The molecule has 0 amide bonds. The smallest absolute Gasteiger partial charge is 0.317 e. The first-order chi connectivity index (χ1) is 14.2. The van der Waals surface area contributed by atoms with Crippen LogP contribution in [-0.4, -0.2) is 55.5 Å². The fourth-order valence-corrected chi connectivity index (χ4v) is 3.06. The Morgan fingerprint density at radius 3 is 1.48 bits per heavy atom. The highest BCUT2D eigenvalue weighted by atomic mass is 16.4. The van der Waals surface area contributed by atoms with Gasteiger partial charge in [-0.3, -0.25) is 29.5 Å². The Morgan fingerprint density at radius 1 is 0.690 bits per heavy atom. The zero-order valence-electron chi connectivity index (χ0n) is 16.3. The average Bonchev–Trinajstić information content (AvgIpc) is 2.74. The lowest BCUT2D eigenvalue weighted by atomic mass is 10.2. The van der Waals surface area contributed by atoms with Gasteiger partial charge in [-0.05, 0) is 36.4 Å². The van der Waals surface area contributed by atoms with E-state index >= 15 is 0 Å². The Bertz CT molecular complexity index is 821. The van der Waals surface area contributed by atoms with Crippen LogP contribution in [0.3, 0.4) is 0 Å². The minimum Gasteiger partial charge on any atom is -0.480 e. The average molecular weight is 391 g/mol. The van der Waals surface area contributed by atoms with Gasteiger partial charge in [-0.25, -0.2) is 0 Å². The summed E-state index contributed by atoms with van der Waals surface area (Å²) >= 11 is 0. The van der Waals surface area contributed by atoms with E-state index in [0.29, 0.717) is 32.7 Å². The lowest BCUT2D eigenvalue weighted by Crippen LogP contribution is -2.37. The minimum absolute atomic E-state index is 0.0302. The van der Waals surface area contributed by atoms with Crippen molar-refractivity contribution in [1.29, 1.82) is 0 Å². The van der Waals surface area contributed by atoms with Crippen molar-refractivity contribution in [3.8, 4) is 0 Å². The predicted octanol–water partition coefficient (Wildman–Crippen LogP) is 2.46. The molecule has 1 N–H and O–H groups in total. The molecule has 0 fully saturated rings. The van der Waals surface area contributed by atoms with Crippen LogP contribution in [0.5, 0.6) is 0 Å². The summed E-state index contributed by atoms with van der Waals surface area (Å²) in [6, 6.07) is 17.4. The van der Waals surface area contributed by atoms with Gasteiger partial charge in [0, 0.05) is 51.3 Å². The van der Waals surface area contributed by atoms with Crippen molar-refractivity contribution >= 4 is 5.97 Å². The van der Waals surface area contributed by atoms with E-state index in [1.54, 1.807) is 18.6 Å². The van der Waals surface area contributed by atoms with Crippen LogP contribution in [0.2, 0.25) is 0 Å². The van der Waals surface area contributed by atoms with Gasteiger partial charge in [0.15, 0.2) is 0 Å². The van der Waals surface area contributed by atoms with Crippen LogP contribution in [0.25, 0.3) is 0 Å². The third-order valence-corrected chi connectivity index (χ3v) is 4.43. The summed E-state index contributed by atoms with van der Waals surface area (Å²) in [7, 11) is 0. The molecule has 0 aliphatic carbocycles. The van der Waals surface area contributed by atoms with Crippen LogP contribution in [0.15, 0.2) is 73.2 Å². The van der Waals surface area contributed by atoms with Gasteiger partial charge in [-0.2, -0.15) is 0 Å². The monoisotopic (exact) mass is 391 g/mol. The van der Waals surface area contributed by atoms with Crippen LogP contribution >= 0.6 is 0 Å². The van der Waals surface area contributed by atoms with Crippen molar-refractivity contribution in [3.05, 3.63) is 90.3 Å². The first-order valence-electron chi connectivity index (χ1n) is 9.55. The van der Waals surface area contributed by atoms with Crippen LogP contribution in [0, 0.1) is 0 Å². The highest BCUT2D eigenvalue weighted by molar-refractivity contribution is 5.69. The quantitative estimate of drug-likeness (QED) is 0.538. The molecule has 0 aliphatic rings. The summed E-state index contributed by atoms with van der Waals surface area (Å²) in [6.07, 6.45) is 5.29. The molecule has 3 rings (SSSR count). The van der Waals surface area contributed by atoms with Crippen LogP contribution in [-0.2, 0) is 24.4 Å². The van der Waals surface area contributed by atoms with Crippen LogP contribution < -0.4 is 0 Å². The van der Waals surface area contributed by atoms with Crippen molar-refractivity contribution in [2.45, 2.75) is 19.6 Å². The number of pyridine rings is 3. The second-order valence-corrected chi connectivity index (χ2v) is 6.78. The molecule has 0 unspecified atom stereocenters. The van der Waals surface area contributed by atoms with Gasteiger partial charge in [0.25, 0.3) is 0 Å². The molecular weight excluding hydrogens is 366 g/mol. The highest BCUT2D eigenvalue weighted by Gasteiger charge is 2.15. The summed E-state index contributed by atoms with van der Waals surface area (Å²) in [5.74, 6) is -0.845. The number of aromatic nitrogens is 3. The van der Waals surface area contributed by atoms with E-state index in [2.05, 4.69) is 19.9 Å². The van der Waals surface area contributed by atoms with Crippen molar-refractivity contribution in [3.63, 3.8) is 0 Å². The van der Waals surface area contributed by atoms with E-state index in [1.165, 1.54) is 0 Å². The van der Waals surface area contributed by atoms with Gasteiger partial charge in [-0.15, -0.1) is 0 Å². The number of hydrogen-bond donors (Lipinski definition) is 1. The summed E-state index contributed by atoms with van der Waals surface area (Å²) in [6.45, 7) is 3.09.